The molecule has 0 aliphatic carbocycles. The normalized spacial score (nSPS) is 14.3. The van der Waals surface area contributed by atoms with Crippen LogP contribution in [0, 0.1) is 5.82 Å². The summed E-state index contributed by atoms with van der Waals surface area (Å²) in [4.78, 5) is 26.7. The molecule has 0 saturated carbocycles. The summed E-state index contributed by atoms with van der Waals surface area (Å²) in [5.41, 5.74) is 0.505. The summed E-state index contributed by atoms with van der Waals surface area (Å²) < 4.78 is 19.2. The van der Waals surface area contributed by atoms with Crippen LogP contribution in [0.15, 0.2) is 48.5 Å². The predicted octanol–water partition coefficient (Wildman–Crippen LogP) is 2.28. The van der Waals surface area contributed by atoms with Crippen molar-refractivity contribution in [3.63, 3.8) is 0 Å². The second-order valence-electron chi connectivity index (χ2n) is 6.21. The fourth-order valence-electron chi connectivity index (χ4n) is 2.88. The van der Waals surface area contributed by atoms with E-state index in [0.29, 0.717) is 24.4 Å². The summed E-state index contributed by atoms with van der Waals surface area (Å²) in [7, 11) is 0. The molecule has 1 aliphatic rings. The van der Waals surface area contributed by atoms with Crippen LogP contribution in [-0.2, 0) is 4.79 Å². The lowest BCUT2D eigenvalue weighted by atomic mass is 10.1. The third-order valence-corrected chi connectivity index (χ3v) is 4.25. The second-order valence-corrected chi connectivity index (χ2v) is 6.21. The smallest absolute Gasteiger partial charge is 0.262 e. The van der Waals surface area contributed by atoms with E-state index in [4.69, 9.17) is 4.74 Å². The standard InChI is InChI=1S/C20H22FN3O3/c21-16-7-2-3-8-17(16)23-19(25)14-27-18-9-4-1-6-15(18)20(26)24-12-5-10-22-11-13-24/h1-4,6-9,22H,5,10-14H2,(H,23,25). The van der Waals surface area contributed by atoms with Crippen molar-refractivity contribution < 1.29 is 18.7 Å². The summed E-state index contributed by atoms with van der Waals surface area (Å²) >= 11 is 0. The van der Waals surface area contributed by atoms with Crippen molar-refractivity contribution in [2.75, 3.05) is 38.1 Å². The first-order chi connectivity index (χ1) is 13.1. The first kappa shape index (κ1) is 18.8. The maximum atomic E-state index is 13.6. The molecule has 0 aromatic heterocycles. The Balaban J connectivity index is 1.64. The summed E-state index contributed by atoms with van der Waals surface area (Å²) in [5, 5.41) is 5.72. The number of hydrogen-bond acceptors (Lipinski definition) is 4. The maximum Gasteiger partial charge on any atom is 0.262 e. The zero-order chi connectivity index (χ0) is 19.1. The molecule has 2 aromatic rings. The van der Waals surface area contributed by atoms with E-state index in [-0.39, 0.29) is 18.2 Å². The summed E-state index contributed by atoms with van der Waals surface area (Å²) in [5.74, 6) is -0.801. The zero-order valence-corrected chi connectivity index (χ0v) is 14.9. The fourth-order valence-corrected chi connectivity index (χ4v) is 2.88. The molecule has 3 rings (SSSR count). The number of rotatable bonds is 5. The highest BCUT2D eigenvalue weighted by molar-refractivity contribution is 5.97. The Morgan fingerprint density at radius 3 is 2.70 bits per heavy atom. The monoisotopic (exact) mass is 371 g/mol. The Hall–Kier alpha value is -2.93. The second kappa shape index (κ2) is 9.14. The van der Waals surface area contributed by atoms with Gasteiger partial charge in [-0.05, 0) is 37.2 Å². The molecule has 1 heterocycles. The number of carbonyl (C=O) groups is 2. The minimum Gasteiger partial charge on any atom is -0.483 e. The van der Waals surface area contributed by atoms with Gasteiger partial charge in [-0.1, -0.05) is 24.3 Å². The van der Waals surface area contributed by atoms with Crippen LogP contribution in [0.25, 0.3) is 0 Å². The van der Waals surface area contributed by atoms with Crippen LogP contribution < -0.4 is 15.4 Å². The molecule has 2 N–H and O–H groups in total. The number of anilines is 1. The molecule has 2 aromatic carbocycles. The number of benzene rings is 2. The number of nitrogens with one attached hydrogen (secondary N) is 2. The maximum absolute atomic E-state index is 13.6. The van der Waals surface area contributed by atoms with Gasteiger partial charge in [0.1, 0.15) is 11.6 Å². The van der Waals surface area contributed by atoms with Crippen molar-refractivity contribution in [3.05, 3.63) is 59.9 Å². The summed E-state index contributed by atoms with van der Waals surface area (Å²) in [6.07, 6.45) is 0.889. The lowest BCUT2D eigenvalue weighted by Gasteiger charge is -2.21. The zero-order valence-electron chi connectivity index (χ0n) is 14.9. The van der Waals surface area contributed by atoms with Gasteiger partial charge < -0.3 is 20.3 Å². The van der Waals surface area contributed by atoms with Gasteiger partial charge >= 0.3 is 0 Å². The third-order valence-electron chi connectivity index (χ3n) is 4.25. The van der Waals surface area contributed by atoms with Crippen molar-refractivity contribution in [1.29, 1.82) is 0 Å². The van der Waals surface area contributed by atoms with Gasteiger partial charge in [-0.3, -0.25) is 9.59 Å². The quantitative estimate of drug-likeness (QED) is 0.846. The predicted molar refractivity (Wildman–Crippen MR) is 100 cm³/mol. The van der Waals surface area contributed by atoms with E-state index in [2.05, 4.69) is 10.6 Å². The highest BCUT2D eigenvalue weighted by Crippen LogP contribution is 2.21. The molecular weight excluding hydrogens is 349 g/mol. The average Bonchev–Trinajstić information content (AvgIpc) is 2.97. The molecule has 2 amide bonds. The fraction of sp³-hybridized carbons (Fsp3) is 0.300. The average molecular weight is 371 g/mol. The molecule has 142 valence electrons. The van der Waals surface area contributed by atoms with E-state index < -0.39 is 11.7 Å². The van der Waals surface area contributed by atoms with E-state index in [1.807, 2.05) is 0 Å². The Morgan fingerprint density at radius 1 is 1.07 bits per heavy atom. The Kier molecular flexibility index (Phi) is 6.38. The van der Waals surface area contributed by atoms with Crippen molar-refractivity contribution in [2.24, 2.45) is 0 Å². The van der Waals surface area contributed by atoms with Crippen molar-refractivity contribution in [1.82, 2.24) is 10.2 Å². The Morgan fingerprint density at radius 2 is 1.85 bits per heavy atom. The lowest BCUT2D eigenvalue weighted by Crippen LogP contribution is -2.34. The van der Waals surface area contributed by atoms with E-state index in [1.165, 1.54) is 12.1 Å². The van der Waals surface area contributed by atoms with Crippen molar-refractivity contribution in [2.45, 2.75) is 6.42 Å². The van der Waals surface area contributed by atoms with Gasteiger partial charge in [-0.15, -0.1) is 0 Å². The van der Waals surface area contributed by atoms with Gasteiger partial charge in [-0.25, -0.2) is 4.39 Å². The first-order valence-corrected chi connectivity index (χ1v) is 8.91. The highest BCUT2D eigenvalue weighted by atomic mass is 19.1. The Bertz CT molecular complexity index is 805. The molecule has 1 fully saturated rings. The largest absolute Gasteiger partial charge is 0.483 e. The Labute approximate surface area is 157 Å². The molecular formula is C20H22FN3O3. The van der Waals surface area contributed by atoms with Gasteiger partial charge in [0, 0.05) is 19.6 Å². The number of halogens is 1. The van der Waals surface area contributed by atoms with Crippen LogP contribution >= 0.6 is 0 Å². The van der Waals surface area contributed by atoms with Crippen molar-refractivity contribution >= 4 is 17.5 Å². The molecule has 0 spiro atoms. The summed E-state index contributed by atoms with van der Waals surface area (Å²) in [6, 6.07) is 12.7. The number of para-hydroxylation sites is 2. The van der Waals surface area contributed by atoms with Gasteiger partial charge in [0.15, 0.2) is 6.61 Å². The molecule has 27 heavy (non-hydrogen) atoms. The molecule has 7 heteroatoms. The summed E-state index contributed by atoms with van der Waals surface area (Å²) in [6.45, 7) is 2.62. The van der Waals surface area contributed by atoms with E-state index in [1.54, 1.807) is 41.3 Å². The van der Waals surface area contributed by atoms with Crippen LogP contribution in [0.2, 0.25) is 0 Å². The van der Waals surface area contributed by atoms with E-state index in [0.717, 1.165) is 19.5 Å². The highest BCUT2D eigenvalue weighted by Gasteiger charge is 2.20. The van der Waals surface area contributed by atoms with Gasteiger partial charge in [0.05, 0.1) is 11.3 Å². The number of amides is 2. The van der Waals surface area contributed by atoms with Gasteiger partial charge in [-0.2, -0.15) is 0 Å². The van der Waals surface area contributed by atoms with E-state index in [9.17, 15) is 14.0 Å². The van der Waals surface area contributed by atoms with Crippen LogP contribution in [0.1, 0.15) is 16.8 Å². The first-order valence-electron chi connectivity index (χ1n) is 8.91. The molecule has 0 bridgehead atoms. The number of nitrogens with zero attached hydrogens (tertiary/aromatic N) is 1. The lowest BCUT2D eigenvalue weighted by molar-refractivity contribution is -0.118. The van der Waals surface area contributed by atoms with Gasteiger partial charge in [0.25, 0.3) is 11.8 Å². The number of carbonyl (C=O) groups excluding carboxylic acids is 2. The molecule has 1 saturated heterocycles. The van der Waals surface area contributed by atoms with Crippen LogP contribution in [-0.4, -0.2) is 49.5 Å². The molecule has 0 unspecified atom stereocenters. The number of hydrogen-bond donors (Lipinski definition) is 2. The number of ether oxygens (including phenoxy) is 1. The SMILES string of the molecule is O=C(COc1ccccc1C(=O)N1CCCNCC1)Nc1ccccc1F. The molecule has 0 radical (unpaired) electrons. The van der Waals surface area contributed by atoms with Crippen LogP contribution in [0.5, 0.6) is 5.75 Å². The molecule has 1 aliphatic heterocycles. The molecule has 0 atom stereocenters. The van der Waals surface area contributed by atoms with Crippen molar-refractivity contribution in [3.8, 4) is 5.75 Å². The van der Waals surface area contributed by atoms with Gasteiger partial charge in [0.2, 0.25) is 0 Å². The minimum atomic E-state index is -0.517. The van der Waals surface area contributed by atoms with E-state index >= 15 is 0 Å². The topological polar surface area (TPSA) is 70.7 Å². The third kappa shape index (κ3) is 5.04. The minimum absolute atomic E-state index is 0.0903. The van der Waals surface area contributed by atoms with Crippen LogP contribution in [0.3, 0.4) is 0 Å². The van der Waals surface area contributed by atoms with Crippen LogP contribution in [0.4, 0.5) is 10.1 Å². The molecule has 6 nitrogen and oxygen atoms in total.